The van der Waals surface area contributed by atoms with Gasteiger partial charge in [0.05, 0.1) is 33.0 Å². The zero-order valence-electron chi connectivity index (χ0n) is 14.5. The molecule has 2 saturated heterocycles. The Morgan fingerprint density at radius 3 is 1.88 bits per heavy atom. The summed E-state index contributed by atoms with van der Waals surface area (Å²) >= 11 is 5.45. The zero-order chi connectivity index (χ0) is 18.3. The predicted octanol–water partition coefficient (Wildman–Crippen LogP) is 1.73. The van der Waals surface area contributed by atoms with Crippen LogP contribution in [0.15, 0.2) is 12.7 Å². The SMILES string of the molecule is C=CCOC(=O)N1CCOCC1.O=C(OCCCCl)N1CCOCC1. The number of nitrogens with zero attached hydrogens (tertiary/aromatic N) is 2. The number of carbonyl (C=O) groups is 2. The number of amides is 2. The van der Waals surface area contributed by atoms with E-state index in [1.165, 1.54) is 0 Å². The summed E-state index contributed by atoms with van der Waals surface area (Å²) in [5.41, 5.74) is 0. The van der Waals surface area contributed by atoms with Gasteiger partial charge in [-0.2, -0.15) is 0 Å². The third-order valence-electron chi connectivity index (χ3n) is 3.37. The monoisotopic (exact) mass is 378 g/mol. The van der Waals surface area contributed by atoms with Gasteiger partial charge in [-0.3, -0.25) is 0 Å². The lowest BCUT2D eigenvalue weighted by Crippen LogP contribution is -2.41. The summed E-state index contributed by atoms with van der Waals surface area (Å²) < 4.78 is 20.0. The van der Waals surface area contributed by atoms with E-state index >= 15 is 0 Å². The van der Waals surface area contributed by atoms with Gasteiger partial charge in [0.2, 0.25) is 0 Å². The summed E-state index contributed by atoms with van der Waals surface area (Å²) in [5.74, 6) is 0.524. The maximum absolute atomic E-state index is 11.3. The van der Waals surface area contributed by atoms with Crippen LogP contribution in [0.2, 0.25) is 0 Å². The fourth-order valence-electron chi connectivity index (χ4n) is 2.02. The molecule has 144 valence electrons. The third kappa shape index (κ3) is 9.52. The predicted molar refractivity (Wildman–Crippen MR) is 93.0 cm³/mol. The van der Waals surface area contributed by atoms with E-state index in [0.29, 0.717) is 71.5 Å². The fraction of sp³-hybridized carbons (Fsp3) is 0.750. The smallest absolute Gasteiger partial charge is 0.410 e. The highest BCUT2D eigenvalue weighted by molar-refractivity contribution is 6.17. The van der Waals surface area contributed by atoms with E-state index in [2.05, 4.69) is 6.58 Å². The van der Waals surface area contributed by atoms with Crippen LogP contribution in [-0.4, -0.2) is 93.7 Å². The highest BCUT2D eigenvalue weighted by Gasteiger charge is 2.18. The van der Waals surface area contributed by atoms with Crippen LogP contribution in [0.25, 0.3) is 0 Å². The summed E-state index contributed by atoms with van der Waals surface area (Å²) in [6.45, 7) is 9.03. The fourth-order valence-corrected chi connectivity index (χ4v) is 2.13. The second-order valence-corrected chi connectivity index (χ2v) is 5.60. The van der Waals surface area contributed by atoms with Crippen LogP contribution >= 0.6 is 11.6 Å². The molecule has 9 heteroatoms. The number of halogens is 1. The Hall–Kier alpha value is -1.51. The average molecular weight is 379 g/mol. The lowest BCUT2D eigenvalue weighted by atomic mass is 10.4. The molecule has 0 aromatic carbocycles. The van der Waals surface area contributed by atoms with Gasteiger partial charge in [0.15, 0.2) is 0 Å². The van der Waals surface area contributed by atoms with Crippen molar-refractivity contribution in [1.82, 2.24) is 9.80 Å². The van der Waals surface area contributed by atoms with Crippen molar-refractivity contribution in [3.05, 3.63) is 12.7 Å². The molecule has 0 saturated carbocycles. The first-order valence-electron chi connectivity index (χ1n) is 8.34. The summed E-state index contributed by atoms with van der Waals surface area (Å²) in [4.78, 5) is 25.7. The maximum atomic E-state index is 11.3. The van der Waals surface area contributed by atoms with Gasteiger partial charge in [-0.15, -0.1) is 11.6 Å². The molecule has 0 unspecified atom stereocenters. The van der Waals surface area contributed by atoms with E-state index < -0.39 is 0 Å². The van der Waals surface area contributed by atoms with Gasteiger partial charge in [-0.1, -0.05) is 12.7 Å². The minimum Gasteiger partial charge on any atom is -0.449 e. The molecule has 0 aromatic rings. The van der Waals surface area contributed by atoms with Gasteiger partial charge in [-0.05, 0) is 6.42 Å². The van der Waals surface area contributed by atoms with Crippen molar-refractivity contribution in [3.8, 4) is 0 Å². The molecule has 2 rings (SSSR count). The molecule has 0 spiro atoms. The second-order valence-electron chi connectivity index (χ2n) is 5.22. The number of carbonyl (C=O) groups excluding carboxylic acids is 2. The minimum absolute atomic E-state index is 0.256. The van der Waals surface area contributed by atoms with E-state index in [-0.39, 0.29) is 18.8 Å². The summed E-state index contributed by atoms with van der Waals surface area (Å²) in [5, 5.41) is 0. The summed E-state index contributed by atoms with van der Waals surface area (Å²) in [6, 6.07) is 0. The van der Waals surface area contributed by atoms with Crippen LogP contribution < -0.4 is 0 Å². The van der Waals surface area contributed by atoms with Crippen molar-refractivity contribution in [2.75, 3.05) is 71.7 Å². The molecule has 0 radical (unpaired) electrons. The Kier molecular flexibility index (Phi) is 11.8. The molecule has 2 heterocycles. The molecule has 0 atom stereocenters. The first-order chi connectivity index (χ1) is 12.2. The topological polar surface area (TPSA) is 77.5 Å². The van der Waals surface area contributed by atoms with Gasteiger partial charge in [0.1, 0.15) is 6.61 Å². The van der Waals surface area contributed by atoms with E-state index in [1.54, 1.807) is 15.9 Å². The summed E-state index contributed by atoms with van der Waals surface area (Å²) in [7, 11) is 0. The van der Waals surface area contributed by atoms with Gasteiger partial charge in [-0.25, -0.2) is 9.59 Å². The Morgan fingerprint density at radius 2 is 1.44 bits per heavy atom. The number of morpholine rings is 2. The van der Waals surface area contributed by atoms with Gasteiger partial charge in [0, 0.05) is 32.1 Å². The molecule has 8 nitrogen and oxygen atoms in total. The lowest BCUT2D eigenvalue weighted by molar-refractivity contribution is 0.0273. The van der Waals surface area contributed by atoms with Crippen LogP contribution in [0.5, 0.6) is 0 Å². The van der Waals surface area contributed by atoms with Crippen molar-refractivity contribution in [2.24, 2.45) is 0 Å². The molecule has 25 heavy (non-hydrogen) atoms. The Morgan fingerprint density at radius 1 is 0.960 bits per heavy atom. The third-order valence-corrected chi connectivity index (χ3v) is 3.63. The first kappa shape index (κ1) is 21.5. The van der Waals surface area contributed by atoms with Crippen molar-refractivity contribution in [3.63, 3.8) is 0 Å². The number of ether oxygens (including phenoxy) is 4. The van der Waals surface area contributed by atoms with E-state index in [9.17, 15) is 9.59 Å². The maximum Gasteiger partial charge on any atom is 0.410 e. The zero-order valence-corrected chi connectivity index (χ0v) is 15.2. The van der Waals surface area contributed by atoms with Crippen LogP contribution in [0.4, 0.5) is 9.59 Å². The van der Waals surface area contributed by atoms with Crippen molar-refractivity contribution < 1.29 is 28.5 Å². The number of hydrogen-bond acceptors (Lipinski definition) is 6. The average Bonchev–Trinajstić information content (AvgIpc) is 2.68. The van der Waals surface area contributed by atoms with E-state index in [4.69, 9.17) is 30.5 Å². The number of hydrogen-bond donors (Lipinski definition) is 0. The number of rotatable bonds is 5. The van der Waals surface area contributed by atoms with Crippen LogP contribution in [0, 0.1) is 0 Å². The quantitative estimate of drug-likeness (QED) is 0.412. The van der Waals surface area contributed by atoms with Crippen molar-refractivity contribution >= 4 is 23.8 Å². The highest BCUT2D eigenvalue weighted by Crippen LogP contribution is 2.01. The Balaban J connectivity index is 0.000000251. The van der Waals surface area contributed by atoms with Gasteiger partial charge in [0.25, 0.3) is 0 Å². The Bertz CT molecular complexity index is 398. The number of alkyl halides is 1. The molecule has 0 aliphatic carbocycles. The molecule has 2 aliphatic heterocycles. The molecule has 0 aromatic heterocycles. The molecule has 2 aliphatic rings. The van der Waals surface area contributed by atoms with Crippen LogP contribution in [-0.2, 0) is 18.9 Å². The normalized spacial score (nSPS) is 17.2. The van der Waals surface area contributed by atoms with E-state index in [1.807, 2.05) is 0 Å². The van der Waals surface area contributed by atoms with Crippen LogP contribution in [0.3, 0.4) is 0 Å². The second kappa shape index (κ2) is 13.7. The highest BCUT2D eigenvalue weighted by atomic mass is 35.5. The molecular formula is C16H27ClN2O6. The largest absolute Gasteiger partial charge is 0.449 e. The molecule has 2 amide bonds. The Labute approximate surface area is 153 Å². The van der Waals surface area contributed by atoms with Crippen molar-refractivity contribution in [2.45, 2.75) is 6.42 Å². The van der Waals surface area contributed by atoms with Crippen molar-refractivity contribution in [1.29, 1.82) is 0 Å². The molecule has 0 bridgehead atoms. The molecular weight excluding hydrogens is 352 g/mol. The standard InChI is InChI=1S/C8H14ClNO3.C8H13NO3/c9-2-1-5-13-8(11)10-3-6-12-7-4-10;1-2-5-12-8(10)9-3-6-11-7-4-9/h1-7H2;2H,1,3-7H2. The van der Waals surface area contributed by atoms with Gasteiger partial charge < -0.3 is 28.7 Å². The minimum atomic E-state index is -0.279. The van der Waals surface area contributed by atoms with E-state index in [0.717, 1.165) is 0 Å². The molecule has 0 N–H and O–H groups in total. The molecule has 2 fully saturated rings. The van der Waals surface area contributed by atoms with Gasteiger partial charge >= 0.3 is 12.2 Å². The lowest BCUT2D eigenvalue weighted by Gasteiger charge is -2.25. The summed E-state index contributed by atoms with van der Waals surface area (Å²) in [6.07, 6.45) is 1.72. The first-order valence-corrected chi connectivity index (χ1v) is 8.88. The van der Waals surface area contributed by atoms with Crippen LogP contribution in [0.1, 0.15) is 6.42 Å².